The van der Waals surface area contributed by atoms with Crippen LogP contribution < -0.4 is 10.6 Å². The van der Waals surface area contributed by atoms with Crippen LogP contribution in [0.2, 0.25) is 0 Å². The van der Waals surface area contributed by atoms with E-state index in [0.717, 1.165) is 59.5 Å². The molecule has 0 bridgehead atoms. The highest BCUT2D eigenvalue weighted by Gasteiger charge is 2.21. The van der Waals surface area contributed by atoms with Crippen LogP contribution in [-0.4, -0.2) is 60.9 Å². The van der Waals surface area contributed by atoms with E-state index in [-0.39, 0.29) is 11.8 Å². The van der Waals surface area contributed by atoms with E-state index in [4.69, 9.17) is 0 Å². The summed E-state index contributed by atoms with van der Waals surface area (Å²) < 4.78 is 0. The van der Waals surface area contributed by atoms with Gasteiger partial charge in [-0.15, -0.1) is 0 Å². The quantitative estimate of drug-likeness (QED) is 0.627. The summed E-state index contributed by atoms with van der Waals surface area (Å²) in [6.45, 7) is 7.79. The molecular weight excluding hydrogens is 400 g/mol. The number of fused-ring (bicyclic) bond motifs is 1. The van der Waals surface area contributed by atoms with Gasteiger partial charge in [0.2, 0.25) is 11.8 Å². The second kappa shape index (κ2) is 9.94. The number of para-hydroxylation sites is 1. The Morgan fingerprint density at radius 3 is 1.91 bits per heavy atom. The summed E-state index contributed by atoms with van der Waals surface area (Å²) in [5.74, 6) is -0.00729. The zero-order valence-electron chi connectivity index (χ0n) is 18.7. The minimum Gasteiger partial charge on any atom is -0.324 e. The molecule has 4 rings (SSSR count). The molecule has 1 heterocycles. The molecule has 1 fully saturated rings. The first-order chi connectivity index (χ1) is 15.5. The molecule has 6 heteroatoms. The van der Waals surface area contributed by atoms with Crippen molar-refractivity contribution in [2.24, 2.45) is 0 Å². The van der Waals surface area contributed by atoms with E-state index < -0.39 is 0 Å². The molecule has 166 valence electrons. The van der Waals surface area contributed by atoms with Gasteiger partial charge < -0.3 is 10.6 Å². The molecule has 0 radical (unpaired) electrons. The Kier molecular flexibility index (Phi) is 6.83. The number of nitrogens with one attached hydrogen (secondary N) is 2. The van der Waals surface area contributed by atoms with Crippen LogP contribution in [0.3, 0.4) is 0 Å². The molecule has 0 unspecified atom stereocenters. The first-order valence-electron chi connectivity index (χ1n) is 11.1. The van der Waals surface area contributed by atoms with Crippen molar-refractivity contribution in [3.05, 3.63) is 71.8 Å². The molecule has 0 saturated carbocycles. The normalized spacial score (nSPS) is 14.9. The average molecular weight is 431 g/mol. The SMILES string of the molecule is Cc1cccc(C)c1NC(=O)CN1CCN(CC(=O)Nc2cccc3ccccc23)CC1. The van der Waals surface area contributed by atoms with Crippen LogP contribution in [-0.2, 0) is 9.59 Å². The molecule has 0 spiro atoms. The number of aryl methyl sites for hydroxylation is 2. The Balaban J connectivity index is 1.25. The summed E-state index contributed by atoms with van der Waals surface area (Å²) in [6, 6.07) is 20.0. The maximum Gasteiger partial charge on any atom is 0.238 e. The summed E-state index contributed by atoms with van der Waals surface area (Å²) in [4.78, 5) is 29.4. The lowest BCUT2D eigenvalue weighted by Gasteiger charge is -2.33. The van der Waals surface area contributed by atoms with Crippen molar-refractivity contribution in [1.82, 2.24) is 9.80 Å². The third kappa shape index (κ3) is 5.33. The maximum atomic E-state index is 12.6. The van der Waals surface area contributed by atoms with Crippen LogP contribution >= 0.6 is 0 Å². The fraction of sp³-hybridized carbons (Fsp3) is 0.308. The maximum absolute atomic E-state index is 12.6. The highest BCUT2D eigenvalue weighted by molar-refractivity contribution is 6.02. The number of hydrogen-bond donors (Lipinski definition) is 2. The highest BCUT2D eigenvalue weighted by Crippen LogP contribution is 2.23. The molecule has 2 amide bonds. The van der Waals surface area contributed by atoms with Crippen LogP contribution in [0.5, 0.6) is 0 Å². The van der Waals surface area contributed by atoms with Crippen molar-refractivity contribution in [3.8, 4) is 0 Å². The number of anilines is 2. The standard InChI is InChI=1S/C26H30N4O2/c1-19-7-5-8-20(2)26(19)28-25(32)18-30-15-13-29(14-16-30)17-24(31)27-23-12-6-10-21-9-3-4-11-22(21)23/h3-12H,13-18H2,1-2H3,(H,27,31)(H,28,32). The number of piperazine rings is 1. The smallest absolute Gasteiger partial charge is 0.238 e. The Labute approximate surface area is 189 Å². The zero-order valence-corrected chi connectivity index (χ0v) is 18.7. The van der Waals surface area contributed by atoms with Crippen molar-refractivity contribution in [2.75, 3.05) is 49.9 Å². The number of benzene rings is 3. The minimum absolute atomic E-state index is 0.00421. The molecule has 1 saturated heterocycles. The Hall–Kier alpha value is -3.22. The first kappa shape index (κ1) is 22.0. The molecule has 3 aromatic carbocycles. The molecule has 1 aliphatic rings. The largest absolute Gasteiger partial charge is 0.324 e. The Morgan fingerprint density at radius 2 is 1.25 bits per heavy atom. The molecule has 32 heavy (non-hydrogen) atoms. The van der Waals surface area contributed by atoms with Gasteiger partial charge in [0.25, 0.3) is 0 Å². The number of carbonyl (C=O) groups is 2. The summed E-state index contributed by atoms with van der Waals surface area (Å²) in [7, 11) is 0. The minimum atomic E-state index is -0.0115. The van der Waals surface area contributed by atoms with E-state index >= 15 is 0 Å². The lowest BCUT2D eigenvalue weighted by atomic mass is 10.1. The summed E-state index contributed by atoms with van der Waals surface area (Å²) in [5, 5.41) is 8.26. The van der Waals surface area contributed by atoms with Gasteiger partial charge in [-0.3, -0.25) is 19.4 Å². The van der Waals surface area contributed by atoms with Crippen LogP contribution in [0.1, 0.15) is 11.1 Å². The van der Waals surface area contributed by atoms with E-state index in [0.29, 0.717) is 13.1 Å². The number of hydrogen-bond acceptors (Lipinski definition) is 4. The number of carbonyl (C=O) groups excluding carboxylic acids is 2. The third-order valence-electron chi connectivity index (χ3n) is 6.01. The van der Waals surface area contributed by atoms with Crippen molar-refractivity contribution >= 4 is 34.0 Å². The molecule has 0 aromatic heterocycles. The molecule has 1 aliphatic heterocycles. The fourth-order valence-corrected chi connectivity index (χ4v) is 4.23. The number of amides is 2. The van der Waals surface area contributed by atoms with Gasteiger partial charge in [-0.05, 0) is 36.4 Å². The molecule has 6 nitrogen and oxygen atoms in total. The summed E-state index contributed by atoms with van der Waals surface area (Å²) in [6.07, 6.45) is 0. The Bertz CT molecular complexity index is 1090. The van der Waals surface area contributed by atoms with Gasteiger partial charge in [0.15, 0.2) is 0 Å². The molecule has 0 aliphatic carbocycles. The lowest BCUT2D eigenvalue weighted by molar-refractivity contribution is -0.120. The average Bonchev–Trinajstić information content (AvgIpc) is 2.78. The van der Waals surface area contributed by atoms with Gasteiger partial charge in [0.05, 0.1) is 13.1 Å². The van der Waals surface area contributed by atoms with Crippen LogP contribution in [0.15, 0.2) is 60.7 Å². The molecular formula is C26H30N4O2. The van der Waals surface area contributed by atoms with Crippen molar-refractivity contribution in [3.63, 3.8) is 0 Å². The van der Waals surface area contributed by atoms with E-state index in [9.17, 15) is 9.59 Å². The summed E-state index contributed by atoms with van der Waals surface area (Å²) in [5.41, 5.74) is 3.89. The van der Waals surface area contributed by atoms with Gasteiger partial charge in [-0.2, -0.15) is 0 Å². The molecule has 2 N–H and O–H groups in total. The predicted octanol–water partition coefficient (Wildman–Crippen LogP) is 3.65. The second-order valence-corrected chi connectivity index (χ2v) is 8.44. The molecule has 0 atom stereocenters. The van der Waals surface area contributed by atoms with E-state index in [1.807, 2.05) is 74.5 Å². The number of rotatable bonds is 6. The van der Waals surface area contributed by atoms with Gasteiger partial charge in [-0.25, -0.2) is 0 Å². The Morgan fingerprint density at radius 1 is 0.719 bits per heavy atom. The predicted molar refractivity (Wildman–Crippen MR) is 130 cm³/mol. The second-order valence-electron chi connectivity index (χ2n) is 8.44. The van der Waals surface area contributed by atoms with Crippen LogP contribution in [0, 0.1) is 13.8 Å². The lowest BCUT2D eigenvalue weighted by Crippen LogP contribution is -2.50. The fourth-order valence-electron chi connectivity index (χ4n) is 4.23. The van der Waals surface area contributed by atoms with Crippen LogP contribution in [0.4, 0.5) is 11.4 Å². The topological polar surface area (TPSA) is 64.7 Å². The van der Waals surface area contributed by atoms with Gasteiger partial charge in [0, 0.05) is 42.9 Å². The van der Waals surface area contributed by atoms with E-state index in [2.05, 4.69) is 20.4 Å². The van der Waals surface area contributed by atoms with Crippen molar-refractivity contribution in [2.45, 2.75) is 13.8 Å². The number of nitrogens with zero attached hydrogens (tertiary/aromatic N) is 2. The van der Waals surface area contributed by atoms with E-state index in [1.54, 1.807) is 0 Å². The summed E-state index contributed by atoms with van der Waals surface area (Å²) >= 11 is 0. The van der Waals surface area contributed by atoms with Gasteiger partial charge >= 0.3 is 0 Å². The van der Waals surface area contributed by atoms with E-state index in [1.165, 1.54) is 0 Å². The van der Waals surface area contributed by atoms with Gasteiger partial charge in [0.1, 0.15) is 0 Å². The zero-order chi connectivity index (χ0) is 22.5. The van der Waals surface area contributed by atoms with Crippen LogP contribution in [0.25, 0.3) is 10.8 Å². The van der Waals surface area contributed by atoms with Crippen molar-refractivity contribution < 1.29 is 9.59 Å². The monoisotopic (exact) mass is 430 g/mol. The first-order valence-corrected chi connectivity index (χ1v) is 11.1. The third-order valence-corrected chi connectivity index (χ3v) is 6.01. The molecule has 3 aromatic rings. The van der Waals surface area contributed by atoms with Gasteiger partial charge in [-0.1, -0.05) is 54.6 Å². The highest BCUT2D eigenvalue weighted by atomic mass is 16.2. The van der Waals surface area contributed by atoms with Crippen molar-refractivity contribution in [1.29, 1.82) is 0 Å².